The Bertz CT molecular complexity index is 957. The molecule has 0 unspecified atom stereocenters. The van der Waals surface area contributed by atoms with Crippen molar-refractivity contribution in [2.75, 3.05) is 5.32 Å². The summed E-state index contributed by atoms with van der Waals surface area (Å²) in [5, 5.41) is 13.9. The molecule has 0 atom stereocenters. The number of nitrogens with zero attached hydrogens (tertiary/aromatic N) is 2. The Balaban J connectivity index is 1.84. The highest BCUT2D eigenvalue weighted by atomic mass is 35.5. The van der Waals surface area contributed by atoms with Gasteiger partial charge in [-0.15, -0.1) is 0 Å². The highest BCUT2D eigenvalue weighted by Crippen LogP contribution is 2.33. The predicted molar refractivity (Wildman–Crippen MR) is 98.3 cm³/mol. The van der Waals surface area contributed by atoms with E-state index >= 15 is 0 Å². The number of amides is 1. The lowest BCUT2D eigenvalue weighted by Gasteiger charge is -2.03. The average molecular weight is 374 g/mol. The summed E-state index contributed by atoms with van der Waals surface area (Å²) in [6.07, 6.45) is 0. The van der Waals surface area contributed by atoms with Gasteiger partial charge in [-0.1, -0.05) is 53.3 Å². The molecule has 8 heteroatoms. The molecule has 1 amide bonds. The Morgan fingerprint density at radius 3 is 2.60 bits per heavy atom. The molecule has 6 nitrogen and oxygen atoms in total. The number of hydrogen-bond donors (Lipinski definition) is 1. The van der Waals surface area contributed by atoms with E-state index < -0.39 is 10.8 Å². The maximum absolute atomic E-state index is 12.4. The van der Waals surface area contributed by atoms with Crippen LogP contribution in [0.1, 0.15) is 16.1 Å². The molecule has 0 aliphatic carbocycles. The highest BCUT2D eigenvalue weighted by Gasteiger charge is 2.17. The minimum atomic E-state index is -0.566. The summed E-state index contributed by atoms with van der Waals surface area (Å²) < 4.78 is 0. The molecular weight excluding hydrogens is 362 g/mol. The average Bonchev–Trinajstić information content (AvgIpc) is 2.95. The van der Waals surface area contributed by atoms with Gasteiger partial charge in [0.05, 0.1) is 26.1 Å². The van der Waals surface area contributed by atoms with Crippen LogP contribution in [0.25, 0.3) is 10.4 Å². The van der Waals surface area contributed by atoms with Crippen LogP contribution in [0.5, 0.6) is 0 Å². The summed E-state index contributed by atoms with van der Waals surface area (Å²) in [6, 6.07) is 13.5. The fraction of sp³-hybridized carbons (Fsp3) is 0.0588. The molecule has 1 N–H and O–H groups in total. The number of halogens is 1. The summed E-state index contributed by atoms with van der Waals surface area (Å²) in [7, 11) is 0. The number of hydrogen-bond acceptors (Lipinski definition) is 5. The van der Waals surface area contributed by atoms with Gasteiger partial charge in [0.25, 0.3) is 11.6 Å². The van der Waals surface area contributed by atoms with E-state index in [-0.39, 0.29) is 16.3 Å². The molecule has 1 aromatic heterocycles. The van der Waals surface area contributed by atoms with Crippen LogP contribution in [-0.4, -0.2) is 15.8 Å². The molecule has 0 saturated carbocycles. The SMILES string of the molecule is Cc1nc(NC(=O)c2ccc([N+](=O)[O-])cc2Cl)sc1-c1ccccc1. The number of non-ortho nitro benzene ring substituents is 1. The van der Waals surface area contributed by atoms with Gasteiger partial charge in [-0.2, -0.15) is 0 Å². The van der Waals surface area contributed by atoms with Crippen molar-refractivity contribution in [1.29, 1.82) is 0 Å². The van der Waals surface area contributed by atoms with Crippen molar-refractivity contribution in [3.8, 4) is 10.4 Å². The third-order valence-corrected chi connectivity index (χ3v) is 4.90. The van der Waals surface area contributed by atoms with Crippen LogP contribution in [0.2, 0.25) is 5.02 Å². The summed E-state index contributed by atoms with van der Waals surface area (Å²) in [4.78, 5) is 27.9. The number of carbonyl (C=O) groups is 1. The largest absolute Gasteiger partial charge is 0.298 e. The maximum atomic E-state index is 12.4. The van der Waals surface area contributed by atoms with E-state index in [1.807, 2.05) is 37.3 Å². The number of aromatic nitrogens is 1. The first-order chi connectivity index (χ1) is 12.0. The van der Waals surface area contributed by atoms with Crippen molar-refractivity contribution < 1.29 is 9.72 Å². The summed E-state index contributed by atoms with van der Waals surface area (Å²) in [5.41, 5.74) is 1.81. The lowest BCUT2D eigenvalue weighted by molar-refractivity contribution is -0.384. The van der Waals surface area contributed by atoms with E-state index in [0.29, 0.717) is 5.13 Å². The zero-order chi connectivity index (χ0) is 18.0. The molecule has 0 aliphatic rings. The fourth-order valence-corrected chi connectivity index (χ4v) is 3.50. The van der Waals surface area contributed by atoms with E-state index in [0.717, 1.165) is 22.2 Å². The van der Waals surface area contributed by atoms with Gasteiger partial charge in [0.15, 0.2) is 5.13 Å². The van der Waals surface area contributed by atoms with Crippen molar-refractivity contribution in [2.24, 2.45) is 0 Å². The molecule has 0 bridgehead atoms. The Hall–Kier alpha value is -2.77. The number of nitro groups is 1. The minimum Gasteiger partial charge on any atom is -0.298 e. The lowest BCUT2D eigenvalue weighted by Crippen LogP contribution is -2.12. The van der Waals surface area contributed by atoms with Crippen LogP contribution in [0.3, 0.4) is 0 Å². The van der Waals surface area contributed by atoms with Gasteiger partial charge in [0.1, 0.15) is 0 Å². The highest BCUT2D eigenvalue weighted by molar-refractivity contribution is 7.19. The van der Waals surface area contributed by atoms with Gasteiger partial charge in [0, 0.05) is 12.1 Å². The van der Waals surface area contributed by atoms with E-state index in [1.165, 1.54) is 23.5 Å². The van der Waals surface area contributed by atoms with Gasteiger partial charge in [-0.05, 0) is 18.6 Å². The van der Waals surface area contributed by atoms with Gasteiger partial charge < -0.3 is 0 Å². The number of nitro benzene ring substituents is 1. The van der Waals surface area contributed by atoms with Crippen LogP contribution >= 0.6 is 22.9 Å². The predicted octanol–water partition coefficient (Wildman–Crippen LogP) is 4.93. The first-order valence-corrected chi connectivity index (χ1v) is 8.43. The summed E-state index contributed by atoms with van der Waals surface area (Å²) >= 11 is 7.34. The van der Waals surface area contributed by atoms with Crippen molar-refractivity contribution >= 4 is 39.7 Å². The third-order valence-electron chi connectivity index (χ3n) is 3.46. The van der Waals surface area contributed by atoms with Crippen molar-refractivity contribution in [1.82, 2.24) is 4.98 Å². The second kappa shape index (κ2) is 7.00. The number of rotatable bonds is 4. The van der Waals surface area contributed by atoms with Crippen LogP contribution in [0.4, 0.5) is 10.8 Å². The Morgan fingerprint density at radius 1 is 1.24 bits per heavy atom. The maximum Gasteiger partial charge on any atom is 0.270 e. The first-order valence-electron chi connectivity index (χ1n) is 7.24. The van der Waals surface area contributed by atoms with Gasteiger partial charge in [-0.25, -0.2) is 4.98 Å². The number of nitrogens with one attached hydrogen (secondary N) is 1. The molecule has 0 aliphatic heterocycles. The zero-order valence-electron chi connectivity index (χ0n) is 13.0. The van der Waals surface area contributed by atoms with Crippen LogP contribution in [0, 0.1) is 17.0 Å². The van der Waals surface area contributed by atoms with Crippen molar-refractivity contribution in [3.05, 3.63) is 74.9 Å². The quantitative estimate of drug-likeness (QED) is 0.518. The second-order valence-corrected chi connectivity index (χ2v) is 6.58. The molecule has 3 aromatic rings. The number of thiazole rings is 1. The molecule has 3 rings (SSSR count). The summed E-state index contributed by atoms with van der Waals surface area (Å²) in [5.74, 6) is -0.465. The van der Waals surface area contributed by atoms with E-state index in [1.54, 1.807) is 0 Å². The third kappa shape index (κ3) is 3.67. The number of aryl methyl sites for hydroxylation is 1. The van der Waals surface area contributed by atoms with Gasteiger partial charge in [-0.3, -0.25) is 20.2 Å². The van der Waals surface area contributed by atoms with Gasteiger partial charge in [0.2, 0.25) is 0 Å². The fourth-order valence-electron chi connectivity index (χ4n) is 2.27. The standard InChI is InChI=1S/C17H12ClN3O3S/c1-10-15(11-5-3-2-4-6-11)25-17(19-10)20-16(22)13-8-7-12(21(23)24)9-14(13)18/h2-9H,1H3,(H,19,20,22). The molecule has 0 fully saturated rings. The van der Waals surface area contributed by atoms with Crippen LogP contribution in [0.15, 0.2) is 48.5 Å². The Labute approximate surface area is 152 Å². The molecule has 0 spiro atoms. The molecule has 25 heavy (non-hydrogen) atoms. The van der Waals surface area contributed by atoms with Crippen LogP contribution in [-0.2, 0) is 0 Å². The molecular formula is C17H12ClN3O3S. The number of carbonyl (C=O) groups excluding carboxylic acids is 1. The van der Waals surface area contributed by atoms with Crippen LogP contribution < -0.4 is 5.32 Å². The van der Waals surface area contributed by atoms with E-state index in [9.17, 15) is 14.9 Å². The van der Waals surface area contributed by atoms with Crippen molar-refractivity contribution in [2.45, 2.75) is 6.92 Å². The summed E-state index contributed by atoms with van der Waals surface area (Å²) in [6.45, 7) is 1.87. The smallest absolute Gasteiger partial charge is 0.270 e. The molecule has 1 heterocycles. The minimum absolute atomic E-state index is 0.0169. The Morgan fingerprint density at radius 2 is 1.96 bits per heavy atom. The molecule has 0 saturated heterocycles. The number of anilines is 1. The van der Waals surface area contributed by atoms with Crippen molar-refractivity contribution in [3.63, 3.8) is 0 Å². The Kier molecular flexibility index (Phi) is 4.78. The van der Waals surface area contributed by atoms with E-state index in [2.05, 4.69) is 10.3 Å². The lowest BCUT2D eigenvalue weighted by atomic mass is 10.2. The second-order valence-electron chi connectivity index (χ2n) is 5.17. The van der Waals surface area contributed by atoms with E-state index in [4.69, 9.17) is 11.6 Å². The first kappa shape index (κ1) is 17.1. The normalized spacial score (nSPS) is 10.5. The molecule has 2 aromatic carbocycles. The number of benzene rings is 2. The van der Waals surface area contributed by atoms with Gasteiger partial charge >= 0.3 is 0 Å². The monoisotopic (exact) mass is 373 g/mol. The molecule has 126 valence electrons. The topological polar surface area (TPSA) is 85.1 Å². The molecule has 0 radical (unpaired) electrons. The zero-order valence-corrected chi connectivity index (χ0v) is 14.6.